The normalized spacial score (nSPS) is 14.9. The first-order valence-electron chi connectivity index (χ1n) is 7.86. The molecule has 3 rings (SSSR count). The average molecular weight is 377 g/mol. The quantitative estimate of drug-likeness (QED) is 0.884. The molecule has 122 valence electrons. The second-order valence-electron chi connectivity index (χ2n) is 5.53. The van der Waals surface area contributed by atoms with Gasteiger partial charge < -0.3 is 15.1 Å². The number of halogens is 1. The zero-order valence-corrected chi connectivity index (χ0v) is 15.0. The minimum atomic E-state index is 0.708. The Bertz CT molecular complexity index is 652. The van der Waals surface area contributed by atoms with E-state index in [2.05, 4.69) is 59.0 Å². The van der Waals surface area contributed by atoms with Gasteiger partial charge in [0.2, 0.25) is 5.95 Å². The lowest BCUT2D eigenvalue weighted by Gasteiger charge is -2.36. The van der Waals surface area contributed by atoms with Crippen molar-refractivity contribution in [3.05, 3.63) is 34.6 Å². The Morgan fingerprint density at radius 3 is 2.39 bits per heavy atom. The van der Waals surface area contributed by atoms with E-state index in [1.54, 1.807) is 0 Å². The summed E-state index contributed by atoms with van der Waals surface area (Å²) in [4.78, 5) is 18.1. The molecule has 1 aliphatic rings. The molecule has 0 bridgehead atoms. The fraction of sp³-hybridized carbons (Fsp3) is 0.438. The molecule has 23 heavy (non-hydrogen) atoms. The third-order valence-corrected chi connectivity index (χ3v) is 4.28. The predicted octanol–water partition coefficient (Wildman–Crippen LogP) is 2.70. The summed E-state index contributed by atoms with van der Waals surface area (Å²) in [5.41, 5.74) is 0.989. The fourth-order valence-electron chi connectivity index (χ4n) is 2.67. The second kappa shape index (κ2) is 7.12. The zero-order valence-electron chi connectivity index (χ0n) is 13.5. The summed E-state index contributed by atoms with van der Waals surface area (Å²) in [5, 5.41) is 3.19. The number of nitrogens with zero attached hydrogens (tertiary/aromatic N) is 5. The van der Waals surface area contributed by atoms with Crippen molar-refractivity contribution >= 4 is 33.5 Å². The highest BCUT2D eigenvalue weighted by atomic mass is 79.9. The van der Waals surface area contributed by atoms with Crippen molar-refractivity contribution in [1.29, 1.82) is 0 Å². The van der Waals surface area contributed by atoms with Crippen molar-refractivity contribution in [1.82, 2.24) is 15.0 Å². The van der Waals surface area contributed by atoms with Crippen LogP contribution in [0, 0.1) is 6.92 Å². The highest BCUT2D eigenvalue weighted by molar-refractivity contribution is 9.10. The van der Waals surface area contributed by atoms with Crippen LogP contribution in [0.15, 0.2) is 28.9 Å². The first-order chi connectivity index (χ1) is 11.2. The molecule has 0 aliphatic carbocycles. The van der Waals surface area contributed by atoms with Gasteiger partial charge in [0.05, 0.1) is 0 Å². The van der Waals surface area contributed by atoms with E-state index >= 15 is 0 Å². The van der Waals surface area contributed by atoms with Crippen LogP contribution in [0.3, 0.4) is 0 Å². The van der Waals surface area contributed by atoms with Crippen molar-refractivity contribution in [2.45, 2.75) is 13.8 Å². The maximum absolute atomic E-state index is 4.62. The highest BCUT2D eigenvalue weighted by Crippen LogP contribution is 2.20. The Balaban J connectivity index is 1.68. The largest absolute Gasteiger partial charge is 0.354 e. The van der Waals surface area contributed by atoms with Crippen LogP contribution < -0.4 is 15.1 Å². The minimum absolute atomic E-state index is 0.708. The standard InChI is InChI=1S/C16H21BrN6/c1-3-18-16-20-12(2)10-15(21-16)23-8-6-22(7-9-23)14-5-4-13(17)11-19-14/h4-5,10-11H,3,6-9H2,1-2H3,(H,18,20,21). The molecule has 0 spiro atoms. The second-order valence-corrected chi connectivity index (χ2v) is 6.45. The molecule has 2 aromatic heterocycles. The van der Waals surface area contributed by atoms with E-state index in [1.165, 1.54) is 0 Å². The van der Waals surface area contributed by atoms with Crippen molar-refractivity contribution in [2.75, 3.05) is 47.8 Å². The number of piperazine rings is 1. The van der Waals surface area contributed by atoms with Gasteiger partial charge in [0.1, 0.15) is 11.6 Å². The molecule has 1 saturated heterocycles. The maximum atomic E-state index is 4.62. The summed E-state index contributed by atoms with van der Waals surface area (Å²) in [6, 6.07) is 6.14. The average Bonchev–Trinajstić information content (AvgIpc) is 2.55. The van der Waals surface area contributed by atoms with E-state index in [9.17, 15) is 0 Å². The summed E-state index contributed by atoms with van der Waals surface area (Å²) >= 11 is 3.43. The van der Waals surface area contributed by atoms with Crippen LogP contribution in [-0.2, 0) is 0 Å². The summed E-state index contributed by atoms with van der Waals surface area (Å²) in [6.45, 7) is 8.62. The Hall–Kier alpha value is -1.89. The predicted molar refractivity (Wildman–Crippen MR) is 97.3 cm³/mol. The lowest BCUT2D eigenvalue weighted by atomic mass is 10.3. The van der Waals surface area contributed by atoms with Gasteiger partial charge in [-0.25, -0.2) is 9.97 Å². The molecule has 1 aliphatic heterocycles. The molecule has 3 heterocycles. The van der Waals surface area contributed by atoms with Crippen molar-refractivity contribution < 1.29 is 0 Å². The van der Waals surface area contributed by atoms with E-state index in [1.807, 2.05) is 25.3 Å². The van der Waals surface area contributed by atoms with Crippen molar-refractivity contribution in [2.24, 2.45) is 0 Å². The van der Waals surface area contributed by atoms with E-state index in [0.717, 1.165) is 54.5 Å². The maximum Gasteiger partial charge on any atom is 0.224 e. The van der Waals surface area contributed by atoms with Gasteiger partial charge in [0.25, 0.3) is 0 Å². The number of pyridine rings is 1. The Morgan fingerprint density at radius 1 is 1.09 bits per heavy atom. The number of aromatic nitrogens is 3. The Morgan fingerprint density at radius 2 is 1.78 bits per heavy atom. The van der Waals surface area contributed by atoms with Crippen LogP contribution >= 0.6 is 15.9 Å². The number of rotatable bonds is 4. The lowest BCUT2D eigenvalue weighted by Crippen LogP contribution is -2.47. The highest BCUT2D eigenvalue weighted by Gasteiger charge is 2.19. The van der Waals surface area contributed by atoms with Crippen LogP contribution in [0.25, 0.3) is 0 Å². The van der Waals surface area contributed by atoms with Gasteiger partial charge in [-0.1, -0.05) is 0 Å². The van der Waals surface area contributed by atoms with Gasteiger partial charge in [-0.05, 0) is 41.9 Å². The molecule has 0 aromatic carbocycles. The van der Waals surface area contributed by atoms with Gasteiger partial charge in [0.15, 0.2) is 0 Å². The number of hydrogen-bond donors (Lipinski definition) is 1. The Labute approximate surface area is 145 Å². The van der Waals surface area contributed by atoms with Crippen LogP contribution in [-0.4, -0.2) is 47.7 Å². The monoisotopic (exact) mass is 376 g/mol. The van der Waals surface area contributed by atoms with Gasteiger partial charge in [-0.2, -0.15) is 4.98 Å². The fourth-order valence-corrected chi connectivity index (χ4v) is 2.91. The molecule has 0 amide bonds. The molecule has 0 saturated carbocycles. The lowest BCUT2D eigenvalue weighted by molar-refractivity contribution is 0.641. The van der Waals surface area contributed by atoms with Crippen LogP contribution in [0.4, 0.5) is 17.6 Å². The molecule has 0 unspecified atom stereocenters. The summed E-state index contributed by atoms with van der Waals surface area (Å²) < 4.78 is 1.01. The zero-order chi connectivity index (χ0) is 16.2. The van der Waals surface area contributed by atoms with E-state index in [-0.39, 0.29) is 0 Å². The number of aryl methyl sites for hydroxylation is 1. The topological polar surface area (TPSA) is 57.2 Å². The van der Waals surface area contributed by atoms with Crippen molar-refractivity contribution in [3.8, 4) is 0 Å². The first kappa shape index (κ1) is 16.0. The van der Waals surface area contributed by atoms with Gasteiger partial charge >= 0.3 is 0 Å². The third-order valence-electron chi connectivity index (χ3n) is 3.82. The summed E-state index contributed by atoms with van der Waals surface area (Å²) in [5.74, 6) is 2.73. The van der Waals surface area contributed by atoms with Crippen LogP contribution in [0.2, 0.25) is 0 Å². The smallest absolute Gasteiger partial charge is 0.224 e. The van der Waals surface area contributed by atoms with Crippen LogP contribution in [0.1, 0.15) is 12.6 Å². The van der Waals surface area contributed by atoms with Crippen LogP contribution in [0.5, 0.6) is 0 Å². The number of anilines is 3. The number of nitrogens with one attached hydrogen (secondary N) is 1. The molecule has 2 aromatic rings. The third kappa shape index (κ3) is 3.90. The van der Waals surface area contributed by atoms with E-state index in [0.29, 0.717) is 5.95 Å². The minimum Gasteiger partial charge on any atom is -0.354 e. The first-order valence-corrected chi connectivity index (χ1v) is 8.66. The molecular formula is C16H21BrN6. The Kier molecular flexibility index (Phi) is 4.95. The van der Waals surface area contributed by atoms with Gasteiger partial charge in [-0.15, -0.1) is 0 Å². The molecule has 0 radical (unpaired) electrons. The molecular weight excluding hydrogens is 356 g/mol. The summed E-state index contributed by atoms with van der Waals surface area (Å²) in [6.07, 6.45) is 1.85. The van der Waals surface area contributed by atoms with E-state index < -0.39 is 0 Å². The molecule has 1 N–H and O–H groups in total. The van der Waals surface area contributed by atoms with Crippen molar-refractivity contribution in [3.63, 3.8) is 0 Å². The SMILES string of the molecule is CCNc1nc(C)cc(N2CCN(c3ccc(Br)cn3)CC2)n1. The molecule has 1 fully saturated rings. The molecule has 0 atom stereocenters. The summed E-state index contributed by atoms with van der Waals surface area (Å²) in [7, 11) is 0. The number of hydrogen-bond acceptors (Lipinski definition) is 6. The molecule has 6 nitrogen and oxygen atoms in total. The molecule has 7 heteroatoms. The van der Waals surface area contributed by atoms with Gasteiger partial charge in [0, 0.05) is 55.2 Å². The van der Waals surface area contributed by atoms with E-state index in [4.69, 9.17) is 0 Å². The van der Waals surface area contributed by atoms with Gasteiger partial charge in [-0.3, -0.25) is 0 Å².